The third kappa shape index (κ3) is 4.76. The van der Waals surface area contributed by atoms with Gasteiger partial charge < -0.3 is 19.4 Å². The maximum atomic E-state index is 5.72. The van der Waals surface area contributed by atoms with Crippen LogP contribution in [0.3, 0.4) is 0 Å². The molecule has 5 nitrogen and oxygen atoms in total. The minimum absolute atomic E-state index is 0.299. The van der Waals surface area contributed by atoms with Crippen LogP contribution in [0.15, 0.2) is 27.8 Å². The van der Waals surface area contributed by atoms with Crippen LogP contribution in [-0.2, 0) is 11.2 Å². The zero-order valence-electron chi connectivity index (χ0n) is 15.0. The van der Waals surface area contributed by atoms with E-state index in [1.807, 2.05) is 12.1 Å². The van der Waals surface area contributed by atoms with Gasteiger partial charge in [0.25, 0.3) is 0 Å². The zero-order chi connectivity index (χ0) is 16.8. The second-order valence-corrected chi connectivity index (χ2v) is 7.24. The summed E-state index contributed by atoms with van der Waals surface area (Å²) in [5.41, 5.74) is 0. The third-order valence-corrected chi connectivity index (χ3v) is 5.34. The zero-order valence-corrected chi connectivity index (χ0v) is 15.0. The second-order valence-electron chi connectivity index (χ2n) is 7.24. The van der Waals surface area contributed by atoms with E-state index in [0.29, 0.717) is 12.0 Å². The number of nitrogens with zero attached hydrogens (tertiary/aromatic N) is 2. The molecule has 0 saturated carbocycles. The molecule has 0 aromatic carbocycles. The molecule has 3 unspecified atom stereocenters. The molecule has 1 aromatic rings. The molecule has 24 heavy (non-hydrogen) atoms. The molecule has 0 spiro atoms. The van der Waals surface area contributed by atoms with Gasteiger partial charge in [0.05, 0.1) is 18.9 Å². The first kappa shape index (κ1) is 17.3. The second kappa shape index (κ2) is 8.56. The van der Waals surface area contributed by atoms with Gasteiger partial charge in [0.1, 0.15) is 5.76 Å². The summed E-state index contributed by atoms with van der Waals surface area (Å²) in [7, 11) is 0. The maximum absolute atomic E-state index is 5.72. The van der Waals surface area contributed by atoms with E-state index >= 15 is 0 Å². The lowest BCUT2D eigenvalue weighted by atomic mass is 9.89. The van der Waals surface area contributed by atoms with Crippen molar-refractivity contribution in [1.82, 2.24) is 10.2 Å². The predicted molar refractivity (Wildman–Crippen MR) is 96.2 cm³/mol. The topological polar surface area (TPSA) is 50.0 Å². The van der Waals surface area contributed by atoms with Crippen molar-refractivity contribution >= 4 is 5.96 Å². The summed E-state index contributed by atoms with van der Waals surface area (Å²) in [6, 6.07) is 3.96. The van der Waals surface area contributed by atoms with E-state index < -0.39 is 0 Å². The van der Waals surface area contributed by atoms with Crippen molar-refractivity contribution in [2.75, 3.05) is 32.8 Å². The van der Waals surface area contributed by atoms with Crippen molar-refractivity contribution in [2.24, 2.45) is 16.8 Å². The number of nitrogens with one attached hydrogen (secondary N) is 1. The van der Waals surface area contributed by atoms with Crippen LogP contribution in [-0.4, -0.2) is 49.7 Å². The van der Waals surface area contributed by atoms with E-state index in [2.05, 4.69) is 24.1 Å². The number of ether oxygens (including phenoxy) is 1. The summed E-state index contributed by atoms with van der Waals surface area (Å²) < 4.78 is 11.1. The Labute approximate surface area is 145 Å². The lowest BCUT2D eigenvalue weighted by Gasteiger charge is -2.37. The van der Waals surface area contributed by atoms with Crippen LogP contribution < -0.4 is 5.32 Å². The van der Waals surface area contributed by atoms with Crippen molar-refractivity contribution in [1.29, 1.82) is 0 Å². The predicted octanol–water partition coefficient (Wildman–Crippen LogP) is 2.92. The first-order chi connectivity index (χ1) is 11.7. The molecular formula is C19H31N3O2. The Morgan fingerprint density at radius 2 is 2.25 bits per heavy atom. The lowest BCUT2D eigenvalue weighted by molar-refractivity contribution is 0.117. The standard InChI is InChI=1S/C19H31N3O2/c1-15-8-10-22(14-16(15)2)19(21-13-18-6-4-12-24-18)20-9-7-17-5-3-11-23-17/h3,5,11,15-16,18H,4,6-10,12-14H2,1-2H3,(H,20,21). The molecule has 2 aliphatic heterocycles. The van der Waals surface area contributed by atoms with Crippen LogP contribution in [0.4, 0.5) is 0 Å². The number of guanidine groups is 1. The molecule has 2 saturated heterocycles. The van der Waals surface area contributed by atoms with Crippen LogP contribution in [0.2, 0.25) is 0 Å². The SMILES string of the molecule is CC1CCN(C(=NCC2CCCO2)NCCc2ccco2)CC1C. The highest BCUT2D eigenvalue weighted by Gasteiger charge is 2.25. The fraction of sp³-hybridized carbons (Fsp3) is 0.737. The quantitative estimate of drug-likeness (QED) is 0.665. The van der Waals surface area contributed by atoms with Gasteiger partial charge in [-0.3, -0.25) is 4.99 Å². The van der Waals surface area contributed by atoms with Gasteiger partial charge in [-0.05, 0) is 43.2 Å². The van der Waals surface area contributed by atoms with Crippen molar-refractivity contribution in [3.05, 3.63) is 24.2 Å². The Kier molecular flexibility index (Phi) is 6.18. The molecule has 1 aromatic heterocycles. The first-order valence-electron chi connectivity index (χ1n) is 9.39. The summed E-state index contributed by atoms with van der Waals surface area (Å²) in [5.74, 6) is 3.56. The van der Waals surface area contributed by atoms with Crippen molar-refractivity contribution in [3.8, 4) is 0 Å². The van der Waals surface area contributed by atoms with Crippen LogP contribution >= 0.6 is 0 Å². The van der Waals surface area contributed by atoms with Gasteiger partial charge in [-0.15, -0.1) is 0 Å². The molecule has 134 valence electrons. The molecule has 3 heterocycles. The van der Waals surface area contributed by atoms with E-state index in [9.17, 15) is 0 Å². The monoisotopic (exact) mass is 333 g/mol. The fourth-order valence-corrected chi connectivity index (χ4v) is 3.45. The van der Waals surface area contributed by atoms with Gasteiger partial charge in [0, 0.05) is 32.7 Å². The smallest absolute Gasteiger partial charge is 0.194 e. The number of hydrogen-bond acceptors (Lipinski definition) is 3. The number of likely N-dealkylation sites (tertiary alicyclic amines) is 1. The maximum Gasteiger partial charge on any atom is 0.194 e. The van der Waals surface area contributed by atoms with E-state index in [0.717, 1.165) is 63.3 Å². The minimum atomic E-state index is 0.299. The van der Waals surface area contributed by atoms with Crippen molar-refractivity contribution < 1.29 is 9.15 Å². The summed E-state index contributed by atoms with van der Waals surface area (Å²) in [4.78, 5) is 7.30. The Bertz CT molecular complexity index is 509. The van der Waals surface area contributed by atoms with Gasteiger partial charge in [0.2, 0.25) is 0 Å². The van der Waals surface area contributed by atoms with E-state index in [1.54, 1.807) is 6.26 Å². The van der Waals surface area contributed by atoms with Crippen LogP contribution in [0.25, 0.3) is 0 Å². The highest BCUT2D eigenvalue weighted by atomic mass is 16.5. The Hall–Kier alpha value is -1.49. The normalized spacial score (nSPS) is 28.3. The molecule has 3 rings (SSSR count). The fourth-order valence-electron chi connectivity index (χ4n) is 3.45. The molecule has 0 aliphatic carbocycles. The molecule has 2 fully saturated rings. The molecule has 2 aliphatic rings. The highest BCUT2D eigenvalue weighted by molar-refractivity contribution is 5.80. The van der Waals surface area contributed by atoms with Gasteiger partial charge in [0.15, 0.2) is 5.96 Å². The van der Waals surface area contributed by atoms with E-state index in [4.69, 9.17) is 14.1 Å². The Morgan fingerprint density at radius 1 is 1.33 bits per heavy atom. The molecule has 0 radical (unpaired) electrons. The molecule has 5 heteroatoms. The number of hydrogen-bond donors (Lipinski definition) is 1. The van der Waals surface area contributed by atoms with Crippen LogP contribution in [0, 0.1) is 11.8 Å². The minimum Gasteiger partial charge on any atom is -0.469 e. The van der Waals surface area contributed by atoms with Crippen LogP contribution in [0.1, 0.15) is 38.9 Å². The van der Waals surface area contributed by atoms with Gasteiger partial charge in [-0.25, -0.2) is 0 Å². The average molecular weight is 333 g/mol. The number of rotatable bonds is 5. The molecule has 3 atom stereocenters. The number of piperidine rings is 1. The van der Waals surface area contributed by atoms with E-state index in [1.165, 1.54) is 12.8 Å². The molecule has 0 amide bonds. The summed E-state index contributed by atoms with van der Waals surface area (Å²) in [6.45, 7) is 9.37. The number of furan rings is 1. The Morgan fingerprint density at radius 3 is 2.96 bits per heavy atom. The Balaban J connectivity index is 1.57. The summed E-state index contributed by atoms with van der Waals surface area (Å²) in [5, 5.41) is 3.55. The summed E-state index contributed by atoms with van der Waals surface area (Å²) in [6.07, 6.45) is 6.45. The highest BCUT2D eigenvalue weighted by Crippen LogP contribution is 2.22. The molecule has 1 N–H and O–H groups in total. The van der Waals surface area contributed by atoms with Gasteiger partial charge in [-0.2, -0.15) is 0 Å². The van der Waals surface area contributed by atoms with E-state index in [-0.39, 0.29) is 0 Å². The average Bonchev–Trinajstić information content (AvgIpc) is 3.27. The molecule has 0 bridgehead atoms. The van der Waals surface area contributed by atoms with Crippen LogP contribution in [0.5, 0.6) is 0 Å². The van der Waals surface area contributed by atoms with Crippen molar-refractivity contribution in [3.63, 3.8) is 0 Å². The largest absolute Gasteiger partial charge is 0.469 e. The lowest BCUT2D eigenvalue weighted by Crippen LogP contribution is -2.48. The number of aliphatic imine (C=N–C) groups is 1. The molecular weight excluding hydrogens is 302 g/mol. The third-order valence-electron chi connectivity index (χ3n) is 5.34. The summed E-state index contributed by atoms with van der Waals surface area (Å²) >= 11 is 0. The van der Waals surface area contributed by atoms with Gasteiger partial charge >= 0.3 is 0 Å². The first-order valence-corrected chi connectivity index (χ1v) is 9.39. The van der Waals surface area contributed by atoms with Gasteiger partial charge in [-0.1, -0.05) is 13.8 Å². The van der Waals surface area contributed by atoms with Crippen molar-refractivity contribution in [2.45, 2.75) is 45.6 Å².